The molecule has 0 atom stereocenters. The number of halogens is 1. The number of carbonyl (C=O) groups is 1. The van der Waals surface area contributed by atoms with Crippen molar-refractivity contribution in [1.82, 2.24) is 20.2 Å². The molecule has 0 bridgehead atoms. The maximum atomic E-state index is 12.8. The van der Waals surface area contributed by atoms with E-state index in [1.165, 1.54) is 11.8 Å². The molecule has 0 aliphatic carbocycles. The zero-order chi connectivity index (χ0) is 29.9. The van der Waals surface area contributed by atoms with Gasteiger partial charge >= 0.3 is 0 Å². The molecular weight excluding hydrogens is 554 g/mol. The van der Waals surface area contributed by atoms with E-state index in [2.05, 4.69) is 62.3 Å². The van der Waals surface area contributed by atoms with Crippen molar-refractivity contribution in [2.24, 2.45) is 5.10 Å². The Labute approximate surface area is 251 Å². The Bertz CT molecular complexity index is 1530. The molecule has 0 fully saturated rings. The predicted octanol–water partition coefficient (Wildman–Crippen LogP) is 7.44. The monoisotopic (exact) mass is 589 g/mol. The molecule has 3 aromatic carbocycles. The Morgan fingerprint density at radius 2 is 1.56 bits per heavy atom. The normalized spacial score (nSPS) is 12.2. The van der Waals surface area contributed by atoms with E-state index < -0.39 is 0 Å². The third-order valence-corrected chi connectivity index (χ3v) is 7.69. The molecule has 1 heterocycles. The van der Waals surface area contributed by atoms with Crippen LogP contribution < -0.4 is 5.43 Å². The summed E-state index contributed by atoms with van der Waals surface area (Å²) >= 11 is 7.37. The van der Waals surface area contributed by atoms with Crippen LogP contribution in [-0.4, -0.2) is 37.7 Å². The average Bonchev–Trinajstić information content (AvgIpc) is 3.31. The number of aryl methyl sites for hydroxylation is 1. The van der Waals surface area contributed by atoms with Gasteiger partial charge < -0.3 is 5.11 Å². The van der Waals surface area contributed by atoms with Crippen LogP contribution in [0.2, 0.25) is 5.02 Å². The number of amides is 1. The summed E-state index contributed by atoms with van der Waals surface area (Å²) < 4.78 is 1.93. The second-order valence-electron chi connectivity index (χ2n) is 12.0. The number of aromatic hydroxyl groups is 1. The van der Waals surface area contributed by atoms with Gasteiger partial charge in [-0.2, -0.15) is 5.10 Å². The number of aromatic nitrogens is 3. The largest absolute Gasteiger partial charge is 0.507 e. The molecule has 9 heteroatoms. The fraction of sp³-hybridized carbons (Fsp3) is 0.312. The summed E-state index contributed by atoms with van der Waals surface area (Å²) in [6.45, 7) is 14.4. The molecule has 4 aromatic rings. The van der Waals surface area contributed by atoms with Crippen molar-refractivity contribution in [1.29, 1.82) is 0 Å². The number of benzene rings is 3. The van der Waals surface area contributed by atoms with Crippen LogP contribution in [0.15, 0.2) is 70.9 Å². The van der Waals surface area contributed by atoms with Gasteiger partial charge in [-0.05, 0) is 71.8 Å². The molecule has 0 unspecified atom stereocenters. The summed E-state index contributed by atoms with van der Waals surface area (Å²) in [5.41, 5.74) is 7.47. The fourth-order valence-electron chi connectivity index (χ4n) is 4.29. The van der Waals surface area contributed by atoms with Crippen molar-refractivity contribution in [3.63, 3.8) is 0 Å². The van der Waals surface area contributed by atoms with Crippen molar-refractivity contribution in [3.8, 4) is 22.8 Å². The third kappa shape index (κ3) is 7.37. The first-order valence-electron chi connectivity index (χ1n) is 13.3. The summed E-state index contributed by atoms with van der Waals surface area (Å²) in [6, 6.07) is 19.3. The van der Waals surface area contributed by atoms with Gasteiger partial charge in [0.1, 0.15) is 5.75 Å². The number of phenols is 1. The average molecular weight is 590 g/mol. The maximum Gasteiger partial charge on any atom is 0.250 e. The minimum atomic E-state index is -0.274. The van der Waals surface area contributed by atoms with E-state index in [0.29, 0.717) is 21.8 Å². The number of nitrogens with one attached hydrogen (secondary N) is 1. The zero-order valence-electron chi connectivity index (χ0n) is 24.5. The van der Waals surface area contributed by atoms with Crippen LogP contribution in [0.3, 0.4) is 0 Å². The first-order valence-corrected chi connectivity index (χ1v) is 14.7. The summed E-state index contributed by atoms with van der Waals surface area (Å²) in [5, 5.41) is 25.2. The summed E-state index contributed by atoms with van der Waals surface area (Å²) in [6.07, 6.45) is 1.61. The minimum absolute atomic E-state index is 0.0953. The summed E-state index contributed by atoms with van der Waals surface area (Å²) in [4.78, 5) is 12.8. The lowest BCUT2D eigenvalue weighted by atomic mass is 9.78. The number of carbonyl (C=O) groups excluding carboxylic acids is 1. The molecule has 0 radical (unpaired) electrons. The molecule has 7 nitrogen and oxygen atoms in total. The van der Waals surface area contributed by atoms with Crippen molar-refractivity contribution in [2.45, 2.75) is 64.5 Å². The van der Waals surface area contributed by atoms with Gasteiger partial charge in [0.25, 0.3) is 5.91 Å². The second kappa shape index (κ2) is 12.1. The SMILES string of the molecule is Cc1ccc(-n2c(SCC(=O)N/N=C\c3cc(C(C)(C)C)c(O)c(C(C)(C)C)c3)nnc2-c2ccc(Cl)cc2)cc1. The smallest absolute Gasteiger partial charge is 0.250 e. The molecule has 41 heavy (non-hydrogen) atoms. The predicted molar refractivity (Wildman–Crippen MR) is 169 cm³/mol. The number of nitrogens with zero attached hydrogens (tertiary/aromatic N) is 4. The molecule has 214 valence electrons. The number of phenolic OH excluding ortho intramolecular Hbond substituents is 1. The Kier molecular flexibility index (Phi) is 8.94. The first kappa shape index (κ1) is 30.3. The van der Waals surface area contributed by atoms with E-state index in [0.717, 1.165) is 33.5 Å². The molecule has 1 amide bonds. The van der Waals surface area contributed by atoms with Crippen molar-refractivity contribution in [3.05, 3.63) is 87.9 Å². The van der Waals surface area contributed by atoms with Crippen LogP contribution in [0.25, 0.3) is 17.1 Å². The standard InChI is InChI=1S/C32H36ClN5O2S/c1-20-8-14-24(15-9-20)38-29(22-10-12-23(33)13-11-22)36-37-30(38)41-19-27(39)35-34-18-21-16-25(31(2,3)4)28(40)26(17-21)32(5,6)7/h8-18,40H,19H2,1-7H3,(H,35,39)/b34-18-. The van der Waals surface area contributed by atoms with Gasteiger partial charge in [0.05, 0.1) is 12.0 Å². The van der Waals surface area contributed by atoms with Crippen LogP contribution in [0, 0.1) is 6.92 Å². The number of hydrazone groups is 1. The van der Waals surface area contributed by atoms with E-state index in [1.807, 2.05) is 72.2 Å². The highest BCUT2D eigenvalue weighted by Crippen LogP contribution is 2.39. The van der Waals surface area contributed by atoms with Gasteiger partial charge in [-0.1, -0.05) is 82.6 Å². The Balaban J connectivity index is 1.52. The lowest BCUT2D eigenvalue weighted by Crippen LogP contribution is -2.20. The highest BCUT2D eigenvalue weighted by molar-refractivity contribution is 7.99. The van der Waals surface area contributed by atoms with Gasteiger partial charge in [-0.3, -0.25) is 9.36 Å². The van der Waals surface area contributed by atoms with E-state index >= 15 is 0 Å². The van der Waals surface area contributed by atoms with Crippen LogP contribution in [0.1, 0.15) is 63.8 Å². The topological polar surface area (TPSA) is 92.4 Å². The highest BCUT2D eigenvalue weighted by atomic mass is 35.5. The van der Waals surface area contributed by atoms with Crippen molar-refractivity contribution < 1.29 is 9.90 Å². The summed E-state index contributed by atoms with van der Waals surface area (Å²) in [7, 11) is 0. The first-order chi connectivity index (χ1) is 19.2. The van der Waals surface area contributed by atoms with E-state index in [-0.39, 0.29) is 22.5 Å². The van der Waals surface area contributed by atoms with Crippen molar-refractivity contribution in [2.75, 3.05) is 5.75 Å². The number of hydrogen-bond donors (Lipinski definition) is 2. The van der Waals surface area contributed by atoms with E-state index in [9.17, 15) is 9.90 Å². The molecule has 0 spiro atoms. The van der Waals surface area contributed by atoms with Crippen LogP contribution in [0.5, 0.6) is 5.75 Å². The second-order valence-corrected chi connectivity index (χ2v) is 13.4. The highest BCUT2D eigenvalue weighted by Gasteiger charge is 2.26. The molecule has 0 aliphatic heterocycles. The molecular formula is C32H36ClN5O2S. The number of thioether (sulfide) groups is 1. The van der Waals surface area contributed by atoms with Gasteiger partial charge in [0.2, 0.25) is 0 Å². The Morgan fingerprint density at radius 3 is 2.12 bits per heavy atom. The summed E-state index contributed by atoms with van der Waals surface area (Å²) in [5.74, 6) is 0.780. The quantitative estimate of drug-likeness (QED) is 0.133. The van der Waals surface area contributed by atoms with Gasteiger partial charge in [-0.15, -0.1) is 10.2 Å². The van der Waals surface area contributed by atoms with E-state index in [1.54, 1.807) is 6.21 Å². The molecule has 0 saturated heterocycles. The number of rotatable bonds is 7. The Morgan fingerprint density at radius 1 is 0.976 bits per heavy atom. The maximum absolute atomic E-state index is 12.8. The van der Waals surface area contributed by atoms with Gasteiger partial charge in [0, 0.05) is 27.4 Å². The van der Waals surface area contributed by atoms with Crippen LogP contribution in [0.4, 0.5) is 0 Å². The van der Waals surface area contributed by atoms with Crippen molar-refractivity contribution >= 4 is 35.5 Å². The van der Waals surface area contributed by atoms with Gasteiger partial charge in [0.15, 0.2) is 11.0 Å². The third-order valence-electron chi connectivity index (χ3n) is 6.51. The van der Waals surface area contributed by atoms with Crippen LogP contribution >= 0.6 is 23.4 Å². The van der Waals surface area contributed by atoms with E-state index in [4.69, 9.17) is 11.6 Å². The minimum Gasteiger partial charge on any atom is -0.507 e. The Hall–Kier alpha value is -3.62. The number of hydrogen-bond acceptors (Lipinski definition) is 6. The molecule has 1 aromatic heterocycles. The molecule has 0 aliphatic rings. The van der Waals surface area contributed by atoms with Crippen LogP contribution in [-0.2, 0) is 15.6 Å². The molecule has 2 N–H and O–H groups in total. The molecule has 0 saturated carbocycles. The fourth-order valence-corrected chi connectivity index (χ4v) is 5.16. The lowest BCUT2D eigenvalue weighted by molar-refractivity contribution is -0.118. The van der Waals surface area contributed by atoms with Gasteiger partial charge in [-0.25, -0.2) is 5.43 Å². The zero-order valence-corrected chi connectivity index (χ0v) is 26.1. The molecule has 4 rings (SSSR count). The lowest BCUT2D eigenvalue weighted by Gasteiger charge is -2.27.